The third-order valence-electron chi connectivity index (χ3n) is 2.67. The first-order chi connectivity index (χ1) is 8.47. The van der Waals surface area contributed by atoms with E-state index < -0.39 is 11.7 Å². The predicted molar refractivity (Wildman–Crippen MR) is 65.1 cm³/mol. The maximum Gasteiger partial charge on any atom is 0.416 e. The Bertz CT molecular complexity index is 547. The molecule has 2 aromatic rings. The van der Waals surface area contributed by atoms with Crippen molar-refractivity contribution in [1.29, 1.82) is 0 Å². The van der Waals surface area contributed by atoms with Gasteiger partial charge in [0, 0.05) is 5.69 Å². The molecule has 18 heavy (non-hydrogen) atoms. The van der Waals surface area contributed by atoms with Gasteiger partial charge in [0.1, 0.15) is 0 Å². The SMILES string of the molecule is Nc1cccc(Cc2ccccc2C(F)(F)F)c1. The van der Waals surface area contributed by atoms with E-state index in [1.54, 1.807) is 30.3 Å². The summed E-state index contributed by atoms with van der Waals surface area (Å²) in [5.41, 5.74) is 6.61. The maximum atomic E-state index is 12.8. The number of nitrogens with two attached hydrogens (primary N) is 1. The lowest BCUT2D eigenvalue weighted by atomic mass is 9.99. The fourth-order valence-electron chi connectivity index (χ4n) is 1.87. The van der Waals surface area contributed by atoms with Gasteiger partial charge in [0.05, 0.1) is 5.56 Å². The van der Waals surface area contributed by atoms with Crippen LogP contribution in [0, 0.1) is 0 Å². The van der Waals surface area contributed by atoms with E-state index >= 15 is 0 Å². The molecule has 2 rings (SSSR count). The first-order valence-electron chi connectivity index (χ1n) is 5.46. The first-order valence-corrected chi connectivity index (χ1v) is 5.46. The Morgan fingerprint density at radius 2 is 1.67 bits per heavy atom. The van der Waals surface area contributed by atoms with Crippen LogP contribution in [-0.4, -0.2) is 0 Å². The third kappa shape index (κ3) is 2.83. The lowest BCUT2D eigenvalue weighted by Gasteiger charge is -2.12. The molecular formula is C14H12F3N. The molecule has 0 aliphatic rings. The average molecular weight is 251 g/mol. The van der Waals surface area contributed by atoms with Gasteiger partial charge in [0.2, 0.25) is 0 Å². The largest absolute Gasteiger partial charge is 0.416 e. The van der Waals surface area contributed by atoms with Gasteiger partial charge in [-0.05, 0) is 35.7 Å². The van der Waals surface area contributed by atoms with E-state index in [0.717, 1.165) is 11.6 Å². The lowest BCUT2D eigenvalue weighted by Crippen LogP contribution is -2.09. The number of alkyl halides is 3. The Morgan fingerprint density at radius 1 is 0.944 bits per heavy atom. The molecular weight excluding hydrogens is 239 g/mol. The standard InChI is InChI=1S/C14H12F3N/c15-14(16,17)13-7-2-1-5-11(13)8-10-4-3-6-12(18)9-10/h1-7,9H,8,18H2. The number of hydrogen-bond donors (Lipinski definition) is 1. The molecule has 0 heterocycles. The molecule has 0 bridgehead atoms. The van der Waals surface area contributed by atoms with Crippen LogP contribution in [0.15, 0.2) is 48.5 Å². The highest BCUT2D eigenvalue weighted by Gasteiger charge is 2.32. The van der Waals surface area contributed by atoms with Crippen molar-refractivity contribution in [2.45, 2.75) is 12.6 Å². The van der Waals surface area contributed by atoms with Crippen molar-refractivity contribution in [3.8, 4) is 0 Å². The summed E-state index contributed by atoms with van der Waals surface area (Å²) in [7, 11) is 0. The van der Waals surface area contributed by atoms with Gasteiger partial charge in [-0.3, -0.25) is 0 Å². The van der Waals surface area contributed by atoms with Crippen LogP contribution in [-0.2, 0) is 12.6 Å². The Hall–Kier alpha value is -1.97. The number of hydrogen-bond acceptors (Lipinski definition) is 1. The van der Waals surface area contributed by atoms with Crippen molar-refractivity contribution in [1.82, 2.24) is 0 Å². The van der Waals surface area contributed by atoms with Crippen LogP contribution in [0.1, 0.15) is 16.7 Å². The van der Waals surface area contributed by atoms with Crippen LogP contribution in [0.4, 0.5) is 18.9 Å². The van der Waals surface area contributed by atoms with Crippen molar-refractivity contribution >= 4 is 5.69 Å². The number of halogens is 3. The van der Waals surface area contributed by atoms with E-state index in [0.29, 0.717) is 5.69 Å². The van der Waals surface area contributed by atoms with Gasteiger partial charge in [0.25, 0.3) is 0 Å². The van der Waals surface area contributed by atoms with E-state index in [9.17, 15) is 13.2 Å². The molecule has 0 fully saturated rings. The fourth-order valence-corrected chi connectivity index (χ4v) is 1.87. The molecule has 0 saturated heterocycles. The van der Waals surface area contributed by atoms with Crippen LogP contribution in [0.5, 0.6) is 0 Å². The molecule has 2 aromatic carbocycles. The highest BCUT2D eigenvalue weighted by atomic mass is 19.4. The molecule has 0 saturated carbocycles. The van der Waals surface area contributed by atoms with Gasteiger partial charge in [-0.1, -0.05) is 30.3 Å². The normalized spacial score (nSPS) is 11.5. The van der Waals surface area contributed by atoms with E-state index in [1.807, 2.05) is 0 Å². The second-order valence-corrected chi connectivity index (χ2v) is 4.08. The van der Waals surface area contributed by atoms with Crippen molar-refractivity contribution < 1.29 is 13.2 Å². The van der Waals surface area contributed by atoms with E-state index in [1.165, 1.54) is 12.1 Å². The zero-order valence-corrected chi connectivity index (χ0v) is 9.54. The van der Waals surface area contributed by atoms with Crippen molar-refractivity contribution in [2.24, 2.45) is 0 Å². The zero-order valence-electron chi connectivity index (χ0n) is 9.54. The highest BCUT2D eigenvalue weighted by Crippen LogP contribution is 2.32. The van der Waals surface area contributed by atoms with Crippen LogP contribution in [0.3, 0.4) is 0 Å². The Kier molecular flexibility index (Phi) is 3.28. The quantitative estimate of drug-likeness (QED) is 0.805. The molecule has 2 N–H and O–H groups in total. The molecule has 0 unspecified atom stereocenters. The summed E-state index contributed by atoms with van der Waals surface area (Å²) in [4.78, 5) is 0. The van der Waals surface area contributed by atoms with Gasteiger partial charge in [-0.15, -0.1) is 0 Å². The Balaban J connectivity index is 2.35. The first kappa shape index (κ1) is 12.5. The van der Waals surface area contributed by atoms with E-state index in [2.05, 4.69) is 0 Å². The number of rotatable bonds is 2. The molecule has 0 aliphatic carbocycles. The Morgan fingerprint density at radius 3 is 2.33 bits per heavy atom. The van der Waals surface area contributed by atoms with Crippen LogP contribution >= 0.6 is 0 Å². The minimum absolute atomic E-state index is 0.223. The predicted octanol–water partition coefficient (Wildman–Crippen LogP) is 3.88. The van der Waals surface area contributed by atoms with Gasteiger partial charge in [0.15, 0.2) is 0 Å². The third-order valence-corrected chi connectivity index (χ3v) is 2.67. The molecule has 0 spiro atoms. The van der Waals surface area contributed by atoms with Gasteiger partial charge in [-0.25, -0.2) is 0 Å². The van der Waals surface area contributed by atoms with Crippen LogP contribution in [0.2, 0.25) is 0 Å². The zero-order chi connectivity index (χ0) is 13.2. The molecule has 0 amide bonds. The van der Waals surface area contributed by atoms with Crippen LogP contribution < -0.4 is 5.73 Å². The summed E-state index contributed by atoms with van der Waals surface area (Å²) in [5.74, 6) is 0. The van der Waals surface area contributed by atoms with Crippen LogP contribution in [0.25, 0.3) is 0 Å². The topological polar surface area (TPSA) is 26.0 Å². The Labute approximate surface area is 103 Å². The summed E-state index contributed by atoms with van der Waals surface area (Å²) >= 11 is 0. The molecule has 0 aromatic heterocycles. The summed E-state index contributed by atoms with van der Waals surface area (Å²) in [6, 6.07) is 12.5. The number of benzene rings is 2. The second kappa shape index (κ2) is 4.72. The van der Waals surface area contributed by atoms with Gasteiger partial charge >= 0.3 is 6.18 Å². The molecule has 1 nitrogen and oxygen atoms in total. The fraction of sp³-hybridized carbons (Fsp3) is 0.143. The summed E-state index contributed by atoms with van der Waals surface area (Å²) in [6.45, 7) is 0. The smallest absolute Gasteiger partial charge is 0.399 e. The minimum atomic E-state index is -4.32. The van der Waals surface area contributed by atoms with Crippen molar-refractivity contribution in [3.63, 3.8) is 0 Å². The molecule has 0 atom stereocenters. The highest BCUT2D eigenvalue weighted by molar-refractivity contribution is 5.43. The molecule has 4 heteroatoms. The van der Waals surface area contributed by atoms with E-state index in [4.69, 9.17) is 5.73 Å². The maximum absolute atomic E-state index is 12.8. The number of anilines is 1. The molecule has 0 radical (unpaired) electrons. The lowest BCUT2D eigenvalue weighted by molar-refractivity contribution is -0.138. The van der Waals surface area contributed by atoms with Gasteiger partial charge in [-0.2, -0.15) is 13.2 Å². The summed E-state index contributed by atoms with van der Waals surface area (Å²) in [5, 5.41) is 0. The average Bonchev–Trinajstić information content (AvgIpc) is 2.28. The van der Waals surface area contributed by atoms with Crippen molar-refractivity contribution in [2.75, 3.05) is 5.73 Å². The monoisotopic (exact) mass is 251 g/mol. The summed E-state index contributed by atoms with van der Waals surface area (Å²) in [6.07, 6.45) is -4.10. The van der Waals surface area contributed by atoms with Gasteiger partial charge < -0.3 is 5.73 Å². The molecule has 94 valence electrons. The second-order valence-electron chi connectivity index (χ2n) is 4.08. The summed E-state index contributed by atoms with van der Waals surface area (Å²) < 4.78 is 38.4. The van der Waals surface area contributed by atoms with Crippen molar-refractivity contribution in [3.05, 3.63) is 65.2 Å². The number of nitrogen functional groups attached to an aromatic ring is 1. The molecule has 0 aliphatic heterocycles. The van der Waals surface area contributed by atoms with E-state index in [-0.39, 0.29) is 12.0 Å². The minimum Gasteiger partial charge on any atom is -0.399 e.